The predicted molar refractivity (Wildman–Crippen MR) is 85.2 cm³/mol. The summed E-state index contributed by atoms with van der Waals surface area (Å²) in [5.74, 6) is -0.577. The van der Waals surface area contributed by atoms with Gasteiger partial charge >= 0.3 is 0 Å². The Kier molecular flexibility index (Phi) is 4.91. The lowest BCUT2D eigenvalue weighted by Gasteiger charge is -2.32. The molecule has 0 spiro atoms. The maximum atomic E-state index is 13.7. The molecule has 130 valence electrons. The van der Waals surface area contributed by atoms with E-state index < -0.39 is 11.6 Å². The van der Waals surface area contributed by atoms with Crippen LogP contribution in [0.1, 0.15) is 43.7 Å². The number of likely N-dealkylation sites (tertiary alicyclic amines) is 1. The van der Waals surface area contributed by atoms with Crippen LogP contribution in [0.3, 0.4) is 0 Å². The standard InChI is InChI=1S/C17H22F2N4O/c1-10(2)23-7-6-15(20-9-16-22-21-11(3)24-16)17(23)12-4-5-13(18)14(19)8-12/h4-5,8,10,15,17,20H,6-7,9H2,1-3H3/t15-,17-/m0/s1. The van der Waals surface area contributed by atoms with Gasteiger partial charge < -0.3 is 9.73 Å². The summed E-state index contributed by atoms with van der Waals surface area (Å²) >= 11 is 0. The summed E-state index contributed by atoms with van der Waals surface area (Å²) in [4.78, 5) is 2.30. The van der Waals surface area contributed by atoms with Crippen molar-refractivity contribution in [3.8, 4) is 0 Å². The first kappa shape index (κ1) is 17.0. The molecule has 0 amide bonds. The van der Waals surface area contributed by atoms with E-state index in [-0.39, 0.29) is 12.1 Å². The van der Waals surface area contributed by atoms with Gasteiger partial charge in [0.25, 0.3) is 0 Å². The summed E-state index contributed by atoms with van der Waals surface area (Å²) in [6.45, 7) is 7.31. The van der Waals surface area contributed by atoms with Gasteiger partial charge in [-0.1, -0.05) is 6.07 Å². The molecule has 1 aliphatic heterocycles. The molecule has 7 heteroatoms. The fraction of sp³-hybridized carbons (Fsp3) is 0.529. The van der Waals surface area contributed by atoms with Crippen molar-refractivity contribution in [1.29, 1.82) is 0 Å². The number of nitrogens with zero attached hydrogens (tertiary/aromatic N) is 3. The van der Waals surface area contributed by atoms with E-state index in [2.05, 4.69) is 34.3 Å². The van der Waals surface area contributed by atoms with Crippen LogP contribution >= 0.6 is 0 Å². The molecule has 1 N–H and O–H groups in total. The third-order valence-corrected chi connectivity index (χ3v) is 4.47. The lowest BCUT2D eigenvalue weighted by molar-refractivity contribution is 0.188. The Labute approximate surface area is 140 Å². The molecule has 1 aliphatic rings. The van der Waals surface area contributed by atoms with Gasteiger partial charge in [0.15, 0.2) is 11.6 Å². The van der Waals surface area contributed by atoms with Gasteiger partial charge in [-0.3, -0.25) is 4.90 Å². The molecule has 1 aromatic carbocycles. The molecule has 0 bridgehead atoms. The minimum Gasteiger partial charge on any atom is -0.424 e. The van der Waals surface area contributed by atoms with E-state index in [9.17, 15) is 8.78 Å². The van der Waals surface area contributed by atoms with Crippen molar-refractivity contribution >= 4 is 0 Å². The molecule has 2 heterocycles. The van der Waals surface area contributed by atoms with E-state index in [0.717, 1.165) is 18.5 Å². The van der Waals surface area contributed by atoms with Crippen LogP contribution in [-0.2, 0) is 6.54 Å². The van der Waals surface area contributed by atoms with Crippen LogP contribution < -0.4 is 5.32 Å². The van der Waals surface area contributed by atoms with Gasteiger partial charge in [-0.25, -0.2) is 8.78 Å². The van der Waals surface area contributed by atoms with Gasteiger partial charge in [-0.2, -0.15) is 0 Å². The van der Waals surface area contributed by atoms with Crippen LogP contribution in [0.25, 0.3) is 0 Å². The Balaban J connectivity index is 1.80. The predicted octanol–water partition coefficient (Wildman–Crippen LogP) is 2.97. The van der Waals surface area contributed by atoms with Gasteiger partial charge in [0.1, 0.15) is 0 Å². The average molecular weight is 336 g/mol. The molecule has 0 unspecified atom stereocenters. The van der Waals surface area contributed by atoms with Crippen molar-refractivity contribution in [1.82, 2.24) is 20.4 Å². The van der Waals surface area contributed by atoms with Gasteiger partial charge in [0.2, 0.25) is 11.8 Å². The summed E-state index contributed by atoms with van der Waals surface area (Å²) in [7, 11) is 0. The molecule has 0 aliphatic carbocycles. The Morgan fingerprint density at radius 2 is 2.08 bits per heavy atom. The number of benzene rings is 1. The smallest absolute Gasteiger partial charge is 0.230 e. The summed E-state index contributed by atoms with van der Waals surface area (Å²) in [6.07, 6.45) is 0.912. The van der Waals surface area contributed by atoms with Crippen LogP contribution in [0.2, 0.25) is 0 Å². The van der Waals surface area contributed by atoms with Crippen LogP contribution in [0.15, 0.2) is 22.6 Å². The molecule has 24 heavy (non-hydrogen) atoms. The van der Waals surface area contributed by atoms with Crippen molar-refractivity contribution in [2.75, 3.05) is 6.54 Å². The first-order valence-electron chi connectivity index (χ1n) is 8.18. The second-order valence-corrected chi connectivity index (χ2v) is 6.44. The number of hydrogen-bond donors (Lipinski definition) is 1. The molecule has 0 saturated carbocycles. The molecule has 2 atom stereocenters. The van der Waals surface area contributed by atoms with E-state index in [0.29, 0.717) is 24.4 Å². The fourth-order valence-electron chi connectivity index (χ4n) is 3.36. The average Bonchev–Trinajstić information content (AvgIpc) is 3.14. The number of rotatable bonds is 5. The Morgan fingerprint density at radius 1 is 1.29 bits per heavy atom. The topological polar surface area (TPSA) is 54.2 Å². The quantitative estimate of drug-likeness (QED) is 0.910. The summed E-state index contributed by atoms with van der Waals surface area (Å²) in [5, 5.41) is 11.2. The highest BCUT2D eigenvalue weighted by Crippen LogP contribution is 2.34. The van der Waals surface area contributed by atoms with E-state index >= 15 is 0 Å². The second-order valence-electron chi connectivity index (χ2n) is 6.44. The first-order valence-corrected chi connectivity index (χ1v) is 8.18. The van der Waals surface area contributed by atoms with E-state index in [1.54, 1.807) is 13.0 Å². The molecular weight excluding hydrogens is 314 g/mol. The van der Waals surface area contributed by atoms with E-state index in [1.165, 1.54) is 12.1 Å². The molecule has 3 rings (SSSR count). The maximum Gasteiger partial charge on any atom is 0.230 e. The normalized spacial score (nSPS) is 21.8. The number of hydrogen-bond acceptors (Lipinski definition) is 5. The van der Waals surface area contributed by atoms with E-state index in [1.807, 2.05) is 0 Å². The van der Waals surface area contributed by atoms with Crippen molar-refractivity contribution in [3.05, 3.63) is 47.2 Å². The van der Waals surface area contributed by atoms with Crippen molar-refractivity contribution in [2.24, 2.45) is 0 Å². The molecule has 5 nitrogen and oxygen atoms in total. The lowest BCUT2D eigenvalue weighted by atomic mass is 9.99. The highest BCUT2D eigenvalue weighted by molar-refractivity contribution is 5.24. The van der Waals surface area contributed by atoms with Crippen LogP contribution in [0.4, 0.5) is 8.78 Å². The van der Waals surface area contributed by atoms with Crippen molar-refractivity contribution in [2.45, 2.75) is 51.9 Å². The van der Waals surface area contributed by atoms with E-state index in [4.69, 9.17) is 4.42 Å². The largest absolute Gasteiger partial charge is 0.424 e. The zero-order valence-corrected chi connectivity index (χ0v) is 14.1. The Morgan fingerprint density at radius 3 is 2.71 bits per heavy atom. The lowest BCUT2D eigenvalue weighted by Crippen LogP contribution is -2.38. The number of nitrogens with one attached hydrogen (secondary N) is 1. The highest BCUT2D eigenvalue weighted by atomic mass is 19.2. The Bertz CT molecular complexity index is 704. The number of halogens is 2. The third kappa shape index (κ3) is 3.47. The zero-order valence-electron chi connectivity index (χ0n) is 14.1. The molecule has 2 aromatic rings. The summed E-state index contributed by atoms with van der Waals surface area (Å²) in [6, 6.07) is 4.54. The molecule has 1 saturated heterocycles. The molecular formula is C17H22F2N4O. The van der Waals surface area contributed by atoms with Crippen LogP contribution in [0.5, 0.6) is 0 Å². The van der Waals surface area contributed by atoms with Gasteiger partial charge in [-0.05, 0) is 38.0 Å². The second kappa shape index (κ2) is 6.94. The SMILES string of the molecule is Cc1nnc(CN[C@H]2CCN(C(C)C)[C@H]2c2ccc(F)c(F)c2)o1. The van der Waals surface area contributed by atoms with Crippen LogP contribution in [-0.4, -0.2) is 33.7 Å². The minimum absolute atomic E-state index is 0.0240. The Hall–Kier alpha value is -1.86. The van der Waals surface area contributed by atoms with Gasteiger partial charge in [0, 0.05) is 25.6 Å². The number of aromatic nitrogens is 2. The fourth-order valence-corrected chi connectivity index (χ4v) is 3.36. The first-order chi connectivity index (χ1) is 11.5. The van der Waals surface area contributed by atoms with Crippen molar-refractivity contribution < 1.29 is 13.2 Å². The molecule has 1 aromatic heterocycles. The minimum atomic E-state index is -0.821. The zero-order chi connectivity index (χ0) is 17.3. The maximum absolute atomic E-state index is 13.7. The van der Waals surface area contributed by atoms with Crippen molar-refractivity contribution in [3.63, 3.8) is 0 Å². The van der Waals surface area contributed by atoms with Gasteiger partial charge in [-0.15, -0.1) is 10.2 Å². The number of aryl methyl sites for hydroxylation is 1. The molecule has 0 radical (unpaired) electrons. The monoisotopic (exact) mass is 336 g/mol. The summed E-state index contributed by atoms with van der Waals surface area (Å²) in [5.41, 5.74) is 0.777. The van der Waals surface area contributed by atoms with Gasteiger partial charge in [0.05, 0.1) is 12.6 Å². The summed E-state index contributed by atoms with van der Waals surface area (Å²) < 4.78 is 32.4. The van der Waals surface area contributed by atoms with Crippen LogP contribution in [0, 0.1) is 18.6 Å². The molecule has 1 fully saturated rings. The highest BCUT2D eigenvalue weighted by Gasteiger charge is 2.36. The third-order valence-electron chi connectivity index (χ3n) is 4.47.